The van der Waals surface area contributed by atoms with Gasteiger partial charge in [-0.25, -0.2) is 0 Å². The Kier molecular flexibility index (Phi) is 5.19. The minimum Gasteiger partial charge on any atom is -0.497 e. The molecule has 2 aromatic rings. The van der Waals surface area contributed by atoms with Crippen LogP contribution in [0.2, 0.25) is 0 Å². The zero-order chi connectivity index (χ0) is 16.8. The highest BCUT2D eigenvalue weighted by Gasteiger charge is 2.07. The zero-order valence-electron chi connectivity index (χ0n) is 12.7. The van der Waals surface area contributed by atoms with E-state index in [1.54, 1.807) is 32.4 Å². The lowest BCUT2D eigenvalue weighted by atomic mass is 10.3. The van der Waals surface area contributed by atoms with Gasteiger partial charge in [0, 0.05) is 18.4 Å². The first-order valence-electron chi connectivity index (χ1n) is 6.79. The standard InChI is InChI=1S/C16H14N4O2S/c1-3-20-15(21)14(23-16(20)11(8-17)9-18)10-19-12-4-6-13(22-2)7-5-12/h4-7,10,19H,3H2,1-2H3. The number of nitrogens with one attached hydrogen (secondary N) is 1. The maximum absolute atomic E-state index is 12.3. The molecule has 0 unspecified atom stereocenters. The fourth-order valence-corrected chi connectivity index (χ4v) is 2.99. The fourth-order valence-electron chi connectivity index (χ4n) is 1.95. The van der Waals surface area contributed by atoms with Crippen molar-refractivity contribution in [2.45, 2.75) is 13.5 Å². The van der Waals surface area contributed by atoms with Crippen molar-refractivity contribution < 1.29 is 4.74 Å². The largest absolute Gasteiger partial charge is 0.497 e. The van der Waals surface area contributed by atoms with Gasteiger partial charge < -0.3 is 10.1 Å². The molecule has 1 aromatic heterocycles. The van der Waals surface area contributed by atoms with Gasteiger partial charge >= 0.3 is 0 Å². The second-order valence-electron chi connectivity index (χ2n) is 4.44. The van der Waals surface area contributed by atoms with E-state index < -0.39 is 0 Å². The molecule has 1 N–H and O–H groups in total. The van der Waals surface area contributed by atoms with Crippen molar-refractivity contribution in [1.82, 2.24) is 4.57 Å². The molecule has 0 atom stereocenters. The number of thiazole rings is 1. The number of nitriles is 2. The first kappa shape index (κ1) is 16.3. The van der Waals surface area contributed by atoms with Crippen molar-refractivity contribution in [3.05, 3.63) is 43.8 Å². The zero-order valence-corrected chi connectivity index (χ0v) is 13.5. The van der Waals surface area contributed by atoms with Gasteiger partial charge in [0.25, 0.3) is 5.56 Å². The Morgan fingerprint density at radius 3 is 2.52 bits per heavy atom. The molecule has 0 saturated heterocycles. The monoisotopic (exact) mass is 326 g/mol. The molecule has 23 heavy (non-hydrogen) atoms. The van der Waals surface area contributed by atoms with Crippen molar-refractivity contribution in [3.63, 3.8) is 0 Å². The average molecular weight is 326 g/mol. The third kappa shape index (κ3) is 3.42. The van der Waals surface area contributed by atoms with Crippen LogP contribution in [-0.2, 0) is 6.54 Å². The molecule has 0 amide bonds. The minimum absolute atomic E-state index is 0.0574. The first-order chi connectivity index (χ1) is 11.1. The molecule has 0 aliphatic carbocycles. The van der Waals surface area contributed by atoms with Crippen LogP contribution in [0, 0.1) is 22.7 Å². The second kappa shape index (κ2) is 7.30. The third-order valence-corrected chi connectivity index (χ3v) is 4.25. The highest BCUT2D eigenvalue weighted by Crippen LogP contribution is 2.14. The van der Waals surface area contributed by atoms with Gasteiger partial charge in [-0.2, -0.15) is 10.5 Å². The maximum Gasteiger partial charge on any atom is 0.270 e. The lowest BCUT2D eigenvalue weighted by Crippen LogP contribution is -2.31. The summed E-state index contributed by atoms with van der Waals surface area (Å²) in [7, 11) is 1.59. The Hall–Kier alpha value is -3.03. The van der Waals surface area contributed by atoms with Crippen LogP contribution in [0.3, 0.4) is 0 Å². The summed E-state index contributed by atoms with van der Waals surface area (Å²) in [5, 5.41) is 21.0. The van der Waals surface area contributed by atoms with E-state index in [4.69, 9.17) is 15.3 Å². The van der Waals surface area contributed by atoms with Gasteiger partial charge in [0.1, 0.15) is 27.1 Å². The Labute approximate surface area is 136 Å². The molecule has 1 heterocycles. The van der Waals surface area contributed by atoms with Gasteiger partial charge in [0.15, 0.2) is 5.57 Å². The number of methoxy groups -OCH3 is 1. The number of benzene rings is 1. The van der Waals surface area contributed by atoms with E-state index in [0.717, 1.165) is 22.8 Å². The van der Waals surface area contributed by atoms with Crippen molar-refractivity contribution in [2.24, 2.45) is 0 Å². The second-order valence-corrected chi connectivity index (χ2v) is 5.47. The van der Waals surface area contributed by atoms with E-state index >= 15 is 0 Å². The van der Waals surface area contributed by atoms with E-state index in [1.807, 2.05) is 24.3 Å². The molecule has 0 aliphatic rings. The summed E-state index contributed by atoms with van der Waals surface area (Å²) >= 11 is 1.12. The highest BCUT2D eigenvalue weighted by molar-refractivity contribution is 7.07. The Balaban J connectivity index is 2.48. The molecule has 0 fully saturated rings. The summed E-state index contributed by atoms with van der Waals surface area (Å²) in [6.07, 6.45) is 1.58. The van der Waals surface area contributed by atoms with Crippen LogP contribution in [0.15, 0.2) is 29.1 Å². The van der Waals surface area contributed by atoms with E-state index in [-0.39, 0.29) is 11.1 Å². The van der Waals surface area contributed by atoms with Gasteiger partial charge in [0.2, 0.25) is 0 Å². The lowest BCUT2D eigenvalue weighted by Gasteiger charge is -2.01. The maximum atomic E-state index is 12.3. The third-order valence-electron chi connectivity index (χ3n) is 3.12. The molecule has 116 valence electrons. The smallest absolute Gasteiger partial charge is 0.270 e. The summed E-state index contributed by atoms with van der Waals surface area (Å²) in [6.45, 7) is 2.19. The van der Waals surface area contributed by atoms with Crippen LogP contribution in [0.5, 0.6) is 5.75 Å². The first-order valence-corrected chi connectivity index (χ1v) is 7.61. The van der Waals surface area contributed by atoms with Gasteiger partial charge in [-0.3, -0.25) is 9.36 Å². The van der Waals surface area contributed by atoms with E-state index in [2.05, 4.69) is 5.32 Å². The number of nitrogens with zero attached hydrogens (tertiary/aromatic N) is 3. The molecule has 0 radical (unpaired) electrons. The summed E-state index contributed by atoms with van der Waals surface area (Å²) in [6, 6.07) is 10.9. The van der Waals surface area contributed by atoms with E-state index in [1.165, 1.54) is 4.57 Å². The van der Waals surface area contributed by atoms with E-state index in [9.17, 15) is 4.79 Å². The molecule has 7 heteroatoms. The quantitative estimate of drug-likeness (QED) is 0.904. The number of hydrogen-bond donors (Lipinski definition) is 1. The summed E-state index contributed by atoms with van der Waals surface area (Å²) in [5.41, 5.74) is 0.516. The molecule has 6 nitrogen and oxygen atoms in total. The predicted octanol–water partition coefficient (Wildman–Crippen LogP) is 0.986. The predicted molar refractivity (Wildman–Crippen MR) is 89.2 cm³/mol. The molecular formula is C16H14N4O2S. The van der Waals surface area contributed by atoms with Crippen molar-refractivity contribution in [2.75, 3.05) is 12.4 Å². The summed E-state index contributed by atoms with van der Waals surface area (Å²) < 4.78 is 7.32. The van der Waals surface area contributed by atoms with Crippen LogP contribution < -0.4 is 24.8 Å². The van der Waals surface area contributed by atoms with E-state index in [0.29, 0.717) is 15.7 Å². The molecule has 0 aliphatic heterocycles. The van der Waals surface area contributed by atoms with Crippen LogP contribution in [0.1, 0.15) is 6.92 Å². The minimum atomic E-state index is -0.225. The summed E-state index contributed by atoms with van der Waals surface area (Å²) in [5.74, 6) is 0.740. The van der Waals surface area contributed by atoms with Crippen molar-refractivity contribution in [1.29, 1.82) is 10.5 Å². The Morgan fingerprint density at radius 2 is 2.00 bits per heavy atom. The normalized spacial score (nSPS) is 10.7. The average Bonchev–Trinajstić information content (AvgIpc) is 2.90. The highest BCUT2D eigenvalue weighted by atomic mass is 32.1. The van der Waals surface area contributed by atoms with Crippen LogP contribution in [0.4, 0.5) is 5.69 Å². The summed E-state index contributed by atoms with van der Waals surface area (Å²) in [4.78, 5) is 12.3. The lowest BCUT2D eigenvalue weighted by molar-refractivity contribution is 0.415. The Bertz CT molecular complexity index is 940. The Morgan fingerprint density at radius 1 is 1.35 bits per heavy atom. The SMILES string of the molecule is CCn1c(=C(C#N)C#N)sc(=CNc2ccc(OC)cc2)c1=O. The molecular weight excluding hydrogens is 312 g/mol. The molecule has 1 aromatic carbocycles. The number of hydrogen-bond acceptors (Lipinski definition) is 6. The van der Waals surface area contributed by atoms with Crippen LogP contribution in [0.25, 0.3) is 11.8 Å². The topological polar surface area (TPSA) is 90.8 Å². The molecule has 0 bridgehead atoms. The van der Waals surface area contributed by atoms with Crippen LogP contribution in [-0.4, -0.2) is 11.7 Å². The van der Waals surface area contributed by atoms with Crippen molar-refractivity contribution >= 4 is 28.8 Å². The van der Waals surface area contributed by atoms with Gasteiger partial charge in [0.05, 0.1) is 7.11 Å². The van der Waals surface area contributed by atoms with Gasteiger partial charge in [-0.05, 0) is 31.2 Å². The molecule has 0 spiro atoms. The number of aromatic nitrogens is 1. The van der Waals surface area contributed by atoms with Crippen LogP contribution >= 0.6 is 11.3 Å². The molecule has 0 saturated carbocycles. The fraction of sp³-hybridized carbons (Fsp3) is 0.188. The number of rotatable bonds is 4. The number of ether oxygens (including phenoxy) is 1. The molecule has 2 rings (SSSR count). The van der Waals surface area contributed by atoms with Crippen molar-refractivity contribution in [3.8, 4) is 17.9 Å². The van der Waals surface area contributed by atoms with Gasteiger partial charge in [-0.15, -0.1) is 11.3 Å². The van der Waals surface area contributed by atoms with Gasteiger partial charge in [-0.1, -0.05) is 0 Å². The number of anilines is 1.